The van der Waals surface area contributed by atoms with E-state index in [2.05, 4.69) is 20.3 Å². The minimum atomic E-state index is -1.40. The number of thiophene rings is 1. The molecule has 5 aromatic rings. The maximum Gasteiger partial charge on any atom is 0.241 e. The molecule has 0 aliphatic heterocycles. The van der Waals surface area contributed by atoms with Gasteiger partial charge in [0.15, 0.2) is 11.6 Å². The van der Waals surface area contributed by atoms with Crippen LogP contribution in [0.3, 0.4) is 0 Å². The lowest BCUT2D eigenvalue weighted by atomic mass is 9.97. The van der Waals surface area contributed by atoms with Crippen molar-refractivity contribution in [2.45, 2.75) is 5.92 Å². The molecular weight excluding hydrogens is 483 g/mol. The lowest BCUT2D eigenvalue weighted by molar-refractivity contribution is -0.127. The molecule has 1 unspecified atom stereocenters. The summed E-state index contributed by atoms with van der Waals surface area (Å²) in [7, 11) is 1.89. The van der Waals surface area contributed by atoms with Crippen molar-refractivity contribution in [1.82, 2.24) is 19.5 Å². The molecule has 2 amide bonds. The van der Waals surface area contributed by atoms with E-state index in [1.165, 1.54) is 35.9 Å². The second-order valence-corrected chi connectivity index (χ2v) is 8.90. The monoisotopic (exact) mass is 502 g/mol. The Balaban J connectivity index is 1.42. The van der Waals surface area contributed by atoms with E-state index in [9.17, 15) is 9.59 Å². The first kappa shape index (κ1) is 23.1. The van der Waals surface area contributed by atoms with Crippen molar-refractivity contribution in [2.75, 3.05) is 5.32 Å². The molecule has 0 fully saturated rings. The third-order valence-electron chi connectivity index (χ3n) is 5.42. The van der Waals surface area contributed by atoms with Gasteiger partial charge in [-0.3, -0.25) is 19.6 Å². The van der Waals surface area contributed by atoms with E-state index in [4.69, 9.17) is 10.5 Å². The Bertz CT molecular complexity index is 1580. The third-order valence-corrected chi connectivity index (χ3v) is 6.56. The number of anilines is 1. The molecule has 3 N–H and O–H groups in total. The van der Waals surface area contributed by atoms with Crippen LogP contribution in [0.2, 0.25) is 0 Å². The summed E-state index contributed by atoms with van der Waals surface area (Å²) in [5.74, 6) is -2.62. The van der Waals surface area contributed by atoms with Crippen molar-refractivity contribution in [3.8, 4) is 22.2 Å². The number of ether oxygens (including phenoxy) is 1. The maximum absolute atomic E-state index is 15.1. The molecule has 0 saturated heterocycles. The zero-order chi connectivity index (χ0) is 25.2. The zero-order valence-corrected chi connectivity index (χ0v) is 19.7. The summed E-state index contributed by atoms with van der Waals surface area (Å²) < 4.78 is 23.6. The Kier molecular flexibility index (Phi) is 6.13. The Morgan fingerprint density at radius 1 is 1.06 bits per heavy atom. The number of rotatable bonds is 7. The molecule has 9 nitrogen and oxygen atoms in total. The molecule has 0 bridgehead atoms. The van der Waals surface area contributed by atoms with Crippen molar-refractivity contribution in [1.29, 1.82) is 0 Å². The summed E-state index contributed by atoms with van der Waals surface area (Å²) >= 11 is 1.43. The Hall–Kier alpha value is -4.64. The summed E-state index contributed by atoms with van der Waals surface area (Å²) in [5, 5.41) is 2.59. The number of hydrogen-bond donors (Lipinski definition) is 2. The third kappa shape index (κ3) is 4.51. The van der Waals surface area contributed by atoms with Gasteiger partial charge in [0.1, 0.15) is 17.5 Å². The van der Waals surface area contributed by atoms with Gasteiger partial charge in [-0.05, 0) is 35.9 Å². The van der Waals surface area contributed by atoms with E-state index in [1.807, 2.05) is 23.9 Å². The first-order chi connectivity index (χ1) is 17.4. The van der Waals surface area contributed by atoms with E-state index in [-0.39, 0.29) is 11.3 Å². The lowest BCUT2D eigenvalue weighted by Crippen LogP contribution is -2.32. The van der Waals surface area contributed by atoms with Crippen LogP contribution >= 0.6 is 11.3 Å². The normalized spacial score (nSPS) is 11.8. The van der Waals surface area contributed by atoms with Crippen molar-refractivity contribution in [2.24, 2.45) is 12.8 Å². The smallest absolute Gasteiger partial charge is 0.241 e. The fourth-order valence-corrected chi connectivity index (χ4v) is 4.81. The van der Waals surface area contributed by atoms with Crippen LogP contribution in [-0.2, 0) is 16.6 Å². The van der Waals surface area contributed by atoms with Crippen molar-refractivity contribution in [3.63, 3.8) is 0 Å². The molecule has 11 heteroatoms. The lowest BCUT2D eigenvalue weighted by Gasteiger charge is -2.15. The van der Waals surface area contributed by atoms with Gasteiger partial charge >= 0.3 is 0 Å². The highest BCUT2D eigenvalue weighted by Gasteiger charge is 2.28. The molecular formula is C25H19FN6O3S. The quantitative estimate of drug-likeness (QED) is 0.321. The molecule has 4 aromatic heterocycles. The van der Waals surface area contributed by atoms with Gasteiger partial charge in [0.05, 0.1) is 15.1 Å². The zero-order valence-electron chi connectivity index (χ0n) is 18.9. The van der Waals surface area contributed by atoms with Crippen molar-refractivity contribution < 1.29 is 18.7 Å². The van der Waals surface area contributed by atoms with Crippen LogP contribution in [0.1, 0.15) is 11.5 Å². The molecule has 36 heavy (non-hydrogen) atoms. The number of benzene rings is 1. The summed E-state index contributed by atoms with van der Waals surface area (Å²) in [6.07, 6.45) is 8.11. The van der Waals surface area contributed by atoms with E-state index in [1.54, 1.807) is 30.6 Å². The SMILES string of the molecule is Cn1ccnc1-c1cc2nccc(Oc3ccc(C(C(N)=O)C(=O)Nc4ccncc4)cc3F)c2s1. The number of fused-ring (bicyclic) bond motifs is 1. The van der Waals surface area contributed by atoms with Crippen molar-refractivity contribution in [3.05, 3.63) is 84.8 Å². The topological polar surface area (TPSA) is 125 Å². The first-order valence-corrected chi connectivity index (χ1v) is 11.6. The van der Waals surface area contributed by atoms with Crippen LogP contribution < -0.4 is 15.8 Å². The van der Waals surface area contributed by atoms with E-state index >= 15 is 4.39 Å². The highest BCUT2D eigenvalue weighted by atomic mass is 32.1. The van der Waals surface area contributed by atoms with Crippen LogP contribution in [0.15, 0.2) is 73.4 Å². The average Bonchev–Trinajstić information content (AvgIpc) is 3.47. The number of imidazole rings is 1. The van der Waals surface area contributed by atoms with Gasteiger partial charge in [0.2, 0.25) is 11.8 Å². The van der Waals surface area contributed by atoms with Gasteiger partial charge in [-0.15, -0.1) is 11.3 Å². The van der Waals surface area contributed by atoms with Gasteiger partial charge in [0.25, 0.3) is 0 Å². The highest BCUT2D eigenvalue weighted by Crippen LogP contribution is 2.39. The van der Waals surface area contributed by atoms with E-state index in [0.717, 1.165) is 21.5 Å². The molecule has 180 valence electrons. The number of nitrogens with zero attached hydrogens (tertiary/aromatic N) is 4. The van der Waals surface area contributed by atoms with Gasteiger partial charge in [-0.2, -0.15) is 0 Å². The standard InChI is InChI=1S/C25H19FN6O3S/c1-32-11-10-30-24(32)20-13-17-22(36-20)19(6-9-29-17)35-18-3-2-14(12-16(18)26)21(23(27)33)25(34)31-15-4-7-28-8-5-15/h2-13,21H,1H3,(H2,27,33)(H,28,31,34). The van der Waals surface area contributed by atoms with Crippen LogP contribution in [0.4, 0.5) is 10.1 Å². The number of hydrogen-bond acceptors (Lipinski definition) is 7. The van der Waals surface area contributed by atoms with Gasteiger partial charge in [0, 0.05) is 49.8 Å². The van der Waals surface area contributed by atoms with Crippen LogP contribution in [0.5, 0.6) is 11.5 Å². The number of nitrogens with two attached hydrogens (primary N) is 1. The maximum atomic E-state index is 15.1. The summed E-state index contributed by atoms with van der Waals surface area (Å²) in [4.78, 5) is 38.3. The number of nitrogens with one attached hydrogen (secondary N) is 1. The average molecular weight is 503 g/mol. The number of carbonyl (C=O) groups is 2. The van der Waals surface area contributed by atoms with Gasteiger partial charge in [-0.1, -0.05) is 6.07 Å². The van der Waals surface area contributed by atoms with Crippen molar-refractivity contribution >= 4 is 39.1 Å². The Morgan fingerprint density at radius 3 is 2.56 bits per heavy atom. The molecule has 5 rings (SSSR count). The van der Waals surface area contributed by atoms with Crippen LogP contribution in [0.25, 0.3) is 20.9 Å². The largest absolute Gasteiger partial charge is 0.453 e. The van der Waals surface area contributed by atoms with E-state index < -0.39 is 23.5 Å². The molecule has 0 aliphatic carbocycles. The molecule has 0 aliphatic rings. The number of amides is 2. The number of halogens is 1. The van der Waals surface area contributed by atoms with Crippen LogP contribution in [-0.4, -0.2) is 31.3 Å². The molecule has 4 heterocycles. The fraction of sp³-hybridized carbons (Fsp3) is 0.0800. The van der Waals surface area contributed by atoms with Gasteiger partial charge < -0.3 is 20.4 Å². The molecule has 0 saturated carbocycles. The first-order valence-electron chi connectivity index (χ1n) is 10.7. The second kappa shape index (κ2) is 9.55. The minimum Gasteiger partial charge on any atom is -0.453 e. The fourth-order valence-electron chi connectivity index (χ4n) is 3.70. The Labute approximate surface area is 208 Å². The number of carbonyl (C=O) groups excluding carboxylic acids is 2. The number of primary amides is 1. The second-order valence-electron chi connectivity index (χ2n) is 7.85. The molecule has 0 radical (unpaired) electrons. The number of aryl methyl sites for hydroxylation is 1. The van der Waals surface area contributed by atoms with E-state index in [0.29, 0.717) is 17.0 Å². The summed E-state index contributed by atoms with van der Waals surface area (Å²) in [6, 6.07) is 10.5. The molecule has 1 aromatic carbocycles. The predicted octanol–water partition coefficient (Wildman–Crippen LogP) is 4.23. The number of pyridine rings is 2. The number of aromatic nitrogens is 4. The molecule has 0 spiro atoms. The summed E-state index contributed by atoms with van der Waals surface area (Å²) in [6.45, 7) is 0. The van der Waals surface area contributed by atoms with Crippen LogP contribution in [0, 0.1) is 5.82 Å². The van der Waals surface area contributed by atoms with Gasteiger partial charge in [-0.25, -0.2) is 9.37 Å². The summed E-state index contributed by atoms with van der Waals surface area (Å²) in [5.41, 5.74) is 6.70. The predicted molar refractivity (Wildman–Crippen MR) is 133 cm³/mol. The highest BCUT2D eigenvalue weighted by molar-refractivity contribution is 7.22. The Morgan fingerprint density at radius 2 is 1.86 bits per heavy atom. The minimum absolute atomic E-state index is 0.0732. The molecule has 1 atom stereocenters.